The van der Waals surface area contributed by atoms with E-state index in [1.54, 1.807) is 18.2 Å². The number of rotatable bonds is 6. The molecule has 28 heavy (non-hydrogen) atoms. The van der Waals surface area contributed by atoms with Gasteiger partial charge in [0.2, 0.25) is 5.91 Å². The maximum atomic E-state index is 12.6. The fourth-order valence-electron chi connectivity index (χ4n) is 2.69. The molecule has 3 N–H and O–H groups in total. The lowest BCUT2D eigenvalue weighted by atomic mass is 10.1. The Balaban J connectivity index is 1.63. The van der Waals surface area contributed by atoms with Gasteiger partial charge in [0.15, 0.2) is 0 Å². The summed E-state index contributed by atoms with van der Waals surface area (Å²) in [6.07, 6.45) is 0. The summed E-state index contributed by atoms with van der Waals surface area (Å²) in [5, 5.41) is 8.76. The fraction of sp³-hybridized carbons (Fsp3) is 0.130. The first-order chi connectivity index (χ1) is 13.5. The zero-order chi connectivity index (χ0) is 19.9. The predicted molar refractivity (Wildman–Crippen MR) is 114 cm³/mol. The highest BCUT2D eigenvalue weighted by Gasteiger charge is 2.12. The van der Waals surface area contributed by atoms with Crippen molar-refractivity contribution in [2.24, 2.45) is 0 Å². The van der Waals surface area contributed by atoms with Crippen LogP contribution in [0.3, 0.4) is 0 Å². The van der Waals surface area contributed by atoms with Crippen molar-refractivity contribution in [2.45, 2.75) is 13.8 Å². The minimum atomic E-state index is -0.231. The van der Waals surface area contributed by atoms with Crippen LogP contribution in [0.25, 0.3) is 0 Å². The number of amides is 2. The summed E-state index contributed by atoms with van der Waals surface area (Å²) in [6, 6.07) is 22.3. The molecule has 0 aliphatic heterocycles. The van der Waals surface area contributed by atoms with Gasteiger partial charge in [-0.15, -0.1) is 0 Å². The molecule has 5 heteroatoms. The number of nitrogens with one attached hydrogen (secondary N) is 3. The molecule has 0 bridgehead atoms. The number of anilines is 3. The molecule has 5 nitrogen and oxygen atoms in total. The second kappa shape index (κ2) is 8.86. The van der Waals surface area contributed by atoms with Gasteiger partial charge < -0.3 is 16.0 Å². The van der Waals surface area contributed by atoms with Crippen LogP contribution in [0.15, 0.2) is 72.8 Å². The maximum absolute atomic E-state index is 12.6. The van der Waals surface area contributed by atoms with E-state index in [1.165, 1.54) is 0 Å². The Bertz CT molecular complexity index is 964. The molecule has 0 atom stereocenters. The van der Waals surface area contributed by atoms with E-state index in [4.69, 9.17) is 0 Å². The summed E-state index contributed by atoms with van der Waals surface area (Å²) >= 11 is 0. The largest absolute Gasteiger partial charge is 0.376 e. The van der Waals surface area contributed by atoms with Crippen molar-refractivity contribution in [2.75, 3.05) is 22.5 Å². The third-order valence-corrected chi connectivity index (χ3v) is 4.26. The summed E-state index contributed by atoms with van der Waals surface area (Å²) < 4.78 is 0. The van der Waals surface area contributed by atoms with E-state index in [-0.39, 0.29) is 18.4 Å². The normalized spacial score (nSPS) is 10.2. The Morgan fingerprint density at radius 3 is 1.86 bits per heavy atom. The summed E-state index contributed by atoms with van der Waals surface area (Å²) in [6.45, 7) is 4.04. The third kappa shape index (κ3) is 5.20. The van der Waals surface area contributed by atoms with Gasteiger partial charge in [-0.05, 0) is 50.2 Å². The van der Waals surface area contributed by atoms with Gasteiger partial charge in [-0.2, -0.15) is 0 Å². The van der Waals surface area contributed by atoms with Gasteiger partial charge in [-0.25, -0.2) is 0 Å². The standard InChI is InChI=1S/C23H23N3O2/c1-16-7-11-18(12-8-16)25-22(27)15-24-21-6-4-3-5-20(21)23(28)26-19-13-9-17(2)10-14-19/h3-14,24H,15H2,1-2H3,(H,25,27)(H,26,28). The molecule has 0 saturated carbocycles. The molecule has 2 amide bonds. The second-order valence-electron chi connectivity index (χ2n) is 6.63. The highest BCUT2D eigenvalue weighted by molar-refractivity contribution is 6.08. The number of benzene rings is 3. The number of carbonyl (C=O) groups is 2. The van der Waals surface area contributed by atoms with E-state index in [0.29, 0.717) is 11.3 Å². The summed E-state index contributed by atoms with van der Waals surface area (Å²) in [5.74, 6) is -0.413. The van der Waals surface area contributed by atoms with Gasteiger partial charge in [-0.3, -0.25) is 9.59 Å². The number of hydrogen-bond donors (Lipinski definition) is 3. The number of aryl methyl sites for hydroxylation is 2. The molecule has 0 unspecified atom stereocenters. The molecule has 0 spiro atoms. The first-order valence-corrected chi connectivity index (χ1v) is 9.09. The molecule has 0 radical (unpaired) electrons. The molecule has 0 fully saturated rings. The van der Waals surface area contributed by atoms with Crippen LogP contribution < -0.4 is 16.0 Å². The molecule has 0 heterocycles. The van der Waals surface area contributed by atoms with Crippen LogP contribution in [0.4, 0.5) is 17.1 Å². The van der Waals surface area contributed by atoms with E-state index in [9.17, 15) is 9.59 Å². The maximum Gasteiger partial charge on any atom is 0.257 e. The van der Waals surface area contributed by atoms with Crippen molar-refractivity contribution < 1.29 is 9.59 Å². The fourth-order valence-corrected chi connectivity index (χ4v) is 2.69. The van der Waals surface area contributed by atoms with Crippen molar-refractivity contribution in [3.8, 4) is 0 Å². The van der Waals surface area contributed by atoms with Crippen molar-refractivity contribution in [3.05, 3.63) is 89.5 Å². The average Bonchev–Trinajstić information content (AvgIpc) is 2.70. The van der Waals surface area contributed by atoms with Gasteiger partial charge in [-0.1, -0.05) is 47.5 Å². The van der Waals surface area contributed by atoms with Gasteiger partial charge in [0.1, 0.15) is 0 Å². The molecular weight excluding hydrogens is 350 g/mol. The topological polar surface area (TPSA) is 70.2 Å². The molecular formula is C23H23N3O2. The SMILES string of the molecule is Cc1ccc(NC(=O)CNc2ccccc2C(=O)Nc2ccc(C)cc2)cc1. The van der Waals surface area contributed by atoms with Crippen LogP contribution >= 0.6 is 0 Å². The third-order valence-electron chi connectivity index (χ3n) is 4.26. The zero-order valence-electron chi connectivity index (χ0n) is 16.0. The Morgan fingerprint density at radius 1 is 0.714 bits per heavy atom. The van der Waals surface area contributed by atoms with Crippen LogP contribution in [-0.4, -0.2) is 18.4 Å². The molecule has 0 aliphatic rings. The predicted octanol–water partition coefficient (Wildman–Crippen LogP) is 4.61. The highest BCUT2D eigenvalue weighted by Crippen LogP contribution is 2.18. The van der Waals surface area contributed by atoms with Crippen LogP contribution in [0, 0.1) is 13.8 Å². The molecule has 142 valence electrons. The van der Waals surface area contributed by atoms with Crippen LogP contribution in [0.2, 0.25) is 0 Å². The Kier molecular flexibility index (Phi) is 6.07. The Labute approximate surface area is 164 Å². The number of hydrogen-bond acceptors (Lipinski definition) is 3. The number of para-hydroxylation sites is 1. The highest BCUT2D eigenvalue weighted by atomic mass is 16.2. The average molecular weight is 373 g/mol. The van der Waals surface area contributed by atoms with E-state index >= 15 is 0 Å². The van der Waals surface area contributed by atoms with E-state index < -0.39 is 0 Å². The smallest absolute Gasteiger partial charge is 0.257 e. The van der Waals surface area contributed by atoms with Gasteiger partial charge >= 0.3 is 0 Å². The van der Waals surface area contributed by atoms with Crippen LogP contribution in [0.5, 0.6) is 0 Å². The van der Waals surface area contributed by atoms with Gasteiger partial charge in [0, 0.05) is 17.1 Å². The summed E-state index contributed by atoms with van der Waals surface area (Å²) in [4.78, 5) is 24.8. The number of carbonyl (C=O) groups excluding carboxylic acids is 2. The lowest BCUT2D eigenvalue weighted by molar-refractivity contribution is -0.114. The van der Waals surface area contributed by atoms with Crippen molar-refractivity contribution in [1.29, 1.82) is 0 Å². The minimum Gasteiger partial charge on any atom is -0.376 e. The molecule has 3 rings (SSSR count). The Hall–Kier alpha value is -3.60. The van der Waals surface area contributed by atoms with Crippen LogP contribution in [0.1, 0.15) is 21.5 Å². The molecule has 0 aliphatic carbocycles. The van der Waals surface area contributed by atoms with Gasteiger partial charge in [0.05, 0.1) is 12.1 Å². The first kappa shape index (κ1) is 19.2. The lowest BCUT2D eigenvalue weighted by Gasteiger charge is -2.13. The molecule has 0 aromatic heterocycles. The zero-order valence-corrected chi connectivity index (χ0v) is 16.0. The quantitative estimate of drug-likeness (QED) is 0.591. The summed E-state index contributed by atoms with van der Waals surface area (Å²) in [7, 11) is 0. The molecule has 3 aromatic rings. The molecule has 3 aromatic carbocycles. The second-order valence-corrected chi connectivity index (χ2v) is 6.63. The van der Waals surface area contributed by atoms with Gasteiger partial charge in [0.25, 0.3) is 5.91 Å². The van der Waals surface area contributed by atoms with Crippen LogP contribution in [-0.2, 0) is 4.79 Å². The van der Waals surface area contributed by atoms with E-state index in [1.807, 2.05) is 68.4 Å². The van der Waals surface area contributed by atoms with Crippen molar-refractivity contribution in [3.63, 3.8) is 0 Å². The van der Waals surface area contributed by atoms with E-state index in [2.05, 4.69) is 16.0 Å². The summed E-state index contributed by atoms with van der Waals surface area (Å²) in [5.41, 5.74) is 4.80. The van der Waals surface area contributed by atoms with Crippen molar-refractivity contribution >= 4 is 28.9 Å². The monoisotopic (exact) mass is 373 g/mol. The lowest BCUT2D eigenvalue weighted by Crippen LogP contribution is -2.23. The first-order valence-electron chi connectivity index (χ1n) is 9.09. The van der Waals surface area contributed by atoms with Crippen molar-refractivity contribution in [1.82, 2.24) is 0 Å². The molecule has 0 saturated heterocycles. The van der Waals surface area contributed by atoms with E-state index in [0.717, 1.165) is 22.5 Å². The minimum absolute atomic E-state index is 0.0582. The Morgan fingerprint density at radius 2 is 1.25 bits per heavy atom.